The molecule has 1 saturated heterocycles. The van der Waals surface area contributed by atoms with Crippen molar-refractivity contribution in [1.29, 1.82) is 0 Å². The molecule has 0 aromatic heterocycles. The zero-order valence-electron chi connectivity index (χ0n) is 25.8. The Hall–Kier alpha value is -4.04. The van der Waals surface area contributed by atoms with Crippen LogP contribution in [0, 0.1) is 5.92 Å². The van der Waals surface area contributed by atoms with Gasteiger partial charge in [-0.15, -0.1) is 0 Å². The molecule has 0 spiro atoms. The van der Waals surface area contributed by atoms with E-state index in [0.717, 1.165) is 53.0 Å². The molecule has 1 N–H and O–H groups in total. The highest BCUT2D eigenvalue weighted by atomic mass is 16.7. The van der Waals surface area contributed by atoms with E-state index in [1.165, 1.54) is 5.56 Å². The lowest BCUT2D eigenvalue weighted by Gasteiger charge is -2.28. The quantitative estimate of drug-likeness (QED) is 0.273. The Morgan fingerprint density at radius 3 is 2.19 bits per heavy atom. The minimum Gasteiger partial charge on any atom is -0.497 e. The van der Waals surface area contributed by atoms with E-state index < -0.39 is 5.92 Å². The summed E-state index contributed by atoms with van der Waals surface area (Å²) in [6.45, 7) is 9.25. The van der Waals surface area contributed by atoms with Gasteiger partial charge in [0.2, 0.25) is 12.7 Å². The first kappa shape index (κ1) is 30.4. The fourth-order valence-corrected chi connectivity index (χ4v) is 6.42. The first-order valence-electron chi connectivity index (χ1n) is 15.3. The zero-order chi connectivity index (χ0) is 30.5. The Balaban J connectivity index is 1.51. The number of carbonyl (C=O) groups excluding carboxylic acids is 2. The van der Waals surface area contributed by atoms with Gasteiger partial charge in [-0.3, -0.25) is 14.5 Å². The molecule has 3 aromatic rings. The van der Waals surface area contributed by atoms with Crippen LogP contribution in [-0.2, 0) is 33.6 Å². The summed E-state index contributed by atoms with van der Waals surface area (Å²) in [5, 5.41) is 3.25. The molecule has 0 unspecified atom stereocenters. The van der Waals surface area contributed by atoms with E-state index in [0.29, 0.717) is 18.0 Å². The van der Waals surface area contributed by atoms with Crippen molar-refractivity contribution < 1.29 is 28.5 Å². The Labute approximate surface area is 254 Å². The van der Waals surface area contributed by atoms with Crippen LogP contribution >= 0.6 is 0 Å². The van der Waals surface area contributed by atoms with E-state index in [9.17, 15) is 9.59 Å². The maximum Gasteiger partial charge on any atom is 0.311 e. The van der Waals surface area contributed by atoms with Crippen LogP contribution in [0.15, 0.2) is 54.6 Å². The van der Waals surface area contributed by atoms with Crippen LogP contribution in [0.2, 0.25) is 0 Å². The largest absolute Gasteiger partial charge is 0.497 e. The number of methoxy groups -OCH3 is 1. The Bertz CT molecular complexity index is 1430. The van der Waals surface area contributed by atoms with Gasteiger partial charge in [0.1, 0.15) is 5.75 Å². The number of aryl methyl sites for hydroxylation is 3. The lowest BCUT2D eigenvalue weighted by molar-refractivity contribution is -0.149. The highest BCUT2D eigenvalue weighted by Gasteiger charge is 2.48. The minimum absolute atomic E-state index is 0.110. The summed E-state index contributed by atoms with van der Waals surface area (Å²) in [5.41, 5.74) is 6.32. The molecule has 1 fully saturated rings. The van der Waals surface area contributed by atoms with Gasteiger partial charge in [0.25, 0.3) is 0 Å². The third-order valence-electron chi connectivity index (χ3n) is 8.58. The van der Waals surface area contributed by atoms with Gasteiger partial charge in [-0.2, -0.15) is 0 Å². The number of nitrogens with one attached hydrogen (secondary N) is 1. The zero-order valence-corrected chi connectivity index (χ0v) is 25.8. The molecular formula is C35H42N2O6. The predicted octanol–water partition coefficient (Wildman–Crippen LogP) is 6.07. The van der Waals surface area contributed by atoms with Gasteiger partial charge >= 0.3 is 5.97 Å². The summed E-state index contributed by atoms with van der Waals surface area (Å²) < 4.78 is 22.3. The molecule has 8 nitrogen and oxygen atoms in total. The maximum atomic E-state index is 13.8. The van der Waals surface area contributed by atoms with Crippen molar-refractivity contribution in [3.63, 3.8) is 0 Å². The molecule has 0 bridgehead atoms. The number of hydrogen-bond donors (Lipinski definition) is 1. The summed E-state index contributed by atoms with van der Waals surface area (Å²) in [7, 11) is 1.63. The first-order chi connectivity index (χ1) is 20.9. The van der Waals surface area contributed by atoms with Crippen LogP contribution in [-0.4, -0.2) is 50.4 Å². The number of benzene rings is 3. The van der Waals surface area contributed by atoms with Gasteiger partial charge in [-0.25, -0.2) is 0 Å². The second-order valence-electron chi connectivity index (χ2n) is 11.0. The maximum absolute atomic E-state index is 13.8. The summed E-state index contributed by atoms with van der Waals surface area (Å²) in [4.78, 5) is 29.6. The number of rotatable bonds is 11. The van der Waals surface area contributed by atoms with Crippen molar-refractivity contribution in [2.45, 2.75) is 58.9 Å². The number of fused-ring (bicyclic) bond motifs is 1. The van der Waals surface area contributed by atoms with E-state index in [4.69, 9.17) is 18.9 Å². The molecule has 0 saturated carbocycles. The van der Waals surface area contributed by atoms with E-state index in [2.05, 4.69) is 43.1 Å². The fraction of sp³-hybridized carbons (Fsp3) is 0.429. The Morgan fingerprint density at radius 1 is 0.884 bits per heavy atom. The van der Waals surface area contributed by atoms with E-state index in [1.54, 1.807) is 7.11 Å². The molecule has 43 heavy (non-hydrogen) atoms. The smallest absolute Gasteiger partial charge is 0.311 e. The van der Waals surface area contributed by atoms with Crippen LogP contribution in [0.5, 0.6) is 17.2 Å². The second-order valence-corrected chi connectivity index (χ2v) is 11.0. The number of hydrogen-bond acceptors (Lipinski definition) is 7. The molecule has 1 amide bonds. The fourth-order valence-electron chi connectivity index (χ4n) is 6.42. The number of nitrogens with zero attached hydrogens (tertiary/aromatic N) is 1. The van der Waals surface area contributed by atoms with E-state index in [-0.39, 0.29) is 43.8 Å². The number of esters is 1. The topological polar surface area (TPSA) is 86.3 Å². The minimum atomic E-state index is -0.539. The van der Waals surface area contributed by atoms with Crippen molar-refractivity contribution in [2.75, 3.05) is 38.9 Å². The predicted molar refractivity (Wildman–Crippen MR) is 166 cm³/mol. The van der Waals surface area contributed by atoms with Gasteiger partial charge in [0.05, 0.1) is 26.2 Å². The van der Waals surface area contributed by atoms with E-state index in [1.807, 2.05) is 49.4 Å². The molecule has 5 rings (SSSR count). The van der Waals surface area contributed by atoms with Crippen molar-refractivity contribution in [2.24, 2.45) is 5.92 Å². The molecule has 0 aliphatic carbocycles. The number of anilines is 1. The molecule has 3 aromatic carbocycles. The second kappa shape index (κ2) is 13.5. The van der Waals surface area contributed by atoms with Crippen LogP contribution in [0.3, 0.4) is 0 Å². The van der Waals surface area contributed by atoms with Crippen molar-refractivity contribution in [1.82, 2.24) is 4.90 Å². The lowest BCUT2D eigenvalue weighted by atomic mass is 9.82. The molecule has 0 radical (unpaired) electrons. The number of ether oxygens (including phenoxy) is 4. The molecule has 8 heteroatoms. The van der Waals surface area contributed by atoms with Gasteiger partial charge < -0.3 is 24.3 Å². The standard InChI is InChI=1S/C35H42N2O6/c1-6-22-16-23(7-2)33(24(8-3)17-22)36-31(38)20-37-19-28(26-12-15-29-30(18-26)43-21-42-29)32(35(39)41-9-4)34(37)25-10-13-27(40-5)14-11-25/h10-18,28,32,34H,6-9,19-21H2,1-5H3,(H,36,38)/t28-,32+,34-/m1/s1. The summed E-state index contributed by atoms with van der Waals surface area (Å²) >= 11 is 0. The van der Waals surface area contributed by atoms with Gasteiger partial charge in [-0.1, -0.05) is 51.1 Å². The number of likely N-dealkylation sites (tertiary alicyclic amines) is 1. The first-order valence-corrected chi connectivity index (χ1v) is 15.3. The summed E-state index contributed by atoms with van der Waals surface area (Å²) in [6.07, 6.45) is 2.60. The monoisotopic (exact) mass is 586 g/mol. The molecular weight excluding hydrogens is 544 g/mol. The van der Waals surface area contributed by atoms with Gasteiger partial charge in [0.15, 0.2) is 11.5 Å². The van der Waals surface area contributed by atoms with Crippen LogP contribution in [0.1, 0.15) is 67.5 Å². The summed E-state index contributed by atoms with van der Waals surface area (Å²) in [5.74, 6) is 0.904. The normalized spacial score (nSPS) is 19.3. The molecule has 228 valence electrons. The average Bonchev–Trinajstić information content (AvgIpc) is 3.65. The van der Waals surface area contributed by atoms with Crippen LogP contribution < -0.4 is 19.5 Å². The van der Waals surface area contributed by atoms with Crippen LogP contribution in [0.4, 0.5) is 5.69 Å². The highest BCUT2D eigenvalue weighted by Crippen LogP contribution is 2.48. The number of amides is 1. The third-order valence-corrected chi connectivity index (χ3v) is 8.58. The number of carbonyl (C=O) groups is 2. The Morgan fingerprint density at radius 2 is 1.56 bits per heavy atom. The average molecular weight is 587 g/mol. The summed E-state index contributed by atoms with van der Waals surface area (Å²) in [6, 6.07) is 17.5. The van der Waals surface area contributed by atoms with Crippen molar-refractivity contribution >= 4 is 17.6 Å². The van der Waals surface area contributed by atoms with Gasteiger partial charge in [0, 0.05) is 24.2 Å². The van der Waals surface area contributed by atoms with Crippen LogP contribution in [0.25, 0.3) is 0 Å². The Kier molecular flexibility index (Phi) is 9.56. The molecule has 2 aliphatic rings. The highest BCUT2D eigenvalue weighted by molar-refractivity contribution is 5.94. The SMILES string of the molecule is CCOC(=O)[C@H]1[C@@H](c2ccc3c(c2)OCO3)CN(CC(=O)Nc2c(CC)cc(CC)cc2CC)[C@@H]1c1ccc(OC)cc1. The van der Waals surface area contributed by atoms with E-state index >= 15 is 0 Å². The van der Waals surface area contributed by atoms with Crippen molar-refractivity contribution in [3.8, 4) is 17.2 Å². The molecule has 2 aliphatic heterocycles. The van der Waals surface area contributed by atoms with Gasteiger partial charge in [-0.05, 0) is 78.3 Å². The third kappa shape index (κ3) is 6.34. The molecule has 3 atom stereocenters. The lowest BCUT2D eigenvalue weighted by Crippen LogP contribution is -2.35. The molecule has 2 heterocycles. The van der Waals surface area contributed by atoms with Crippen molar-refractivity contribution in [3.05, 3.63) is 82.4 Å².